The minimum absolute atomic E-state index is 0.110. The molecule has 25 heavy (non-hydrogen) atoms. The number of ether oxygens (including phenoxy) is 2. The predicted molar refractivity (Wildman–Crippen MR) is 95.0 cm³/mol. The zero-order valence-electron chi connectivity index (χ0n) is 15.3. The van der Waals surface area contributed by atoms with E-state index in [0.29, 0.717) is 35.9 Å². The SMILES string of the molecule is O=C(OC1C2CCC1CNC2)C1C2CCCCC2OC2CCCCC21. The Morgan fingerprint density at radius 3 is 1.96 bits per heavy atom. The molecule has 5 fully saturated rings. The first-order valence-corrected chi connectivity index (χ1v) is 10.9. The van der Waals surface area contributed by atoms with Crippen LogP contribution in [0.2, 0.25) is 0 Å². The summed E-state index contributed by atoms with van der Waals surface area (Å²) in [6.45, 7) is 2.06. The summed E-state index contributed by atoms with van der Waals surface area (Å²) in [5, 5.41) is 3.51. The van der Waals surface area contributed by atoms with E-state index in [1.54, 1.807) is 0 Å². The molecule has 0 amide bonds. The van der Waals surface area contributed by atoms with Crippen LogP contribution >= 0.6 is 0 Å². The fourth-order valence-corrected chi connectivity index (χ4v) is 6.74. The third-order valence-electron chi connectivity index (χ3n) is 7.95. The molecule has 3 saturated carbocycles. The van der Waals surface area contributed by atoms with Crippen molar-refractivity contribution in [3.05, 3.63) is 0 Å². The summed E-state index contributed by atoms with van der Waals surface area (Å²) in [4.78, 5) is 13.4. The fourth-order valence-electron chi connectivity index (χ4n) is 6.74. The molecule has 140 valence electrons. The minimum atomic E-state index is 0.110. The second-order valence-electron chi connectivity index (χ2n) is 9.29. The molecule has 0 aromatic rings. The van der Waals surface area contributed by atoms with Gasteiger partial charge in [-0.3, -0.25) is 4.79 Å². The van der Waals surface area contributed by atoms with Gasteiger partial charge in [0.15, 0.2) is 0 Å². The Balaban J connectivity index is 1.36. The average molecular weight is 347 g/mol. The van der Waals surface area contributed by atoms with Crippen LogP contribution in [0.3, 0.4) is 0 Å². The summed E-state index contributed by atoms with van der Waals surface area (Å²) in [5.41, 5.74) is 0. The third-order valence-corrected chi connectivity index (χ3v) is 7.95. The number of rotatable bonds is 2. The van der Waals surface area contributed by atoms with Crippen LogP contribution in [0.4, 0.5) is 0 Å². The molecule has 2 bridgehead atoms. The van der Waals surface area contributed by atoms with Crippen molar-refractivity contribution >= 4 is 5.97 Å². The van der Waals surface area contributed by atoms with Gasteiger partial charge in [0, 0.05) is 24.9 Å². The van der Waals surface area contributed by atoms with E-state index in [1.807, 2.05) is 0 Å². The van der Waals surface area contributed by atoms with Crippen molar-refractivity contribution in [2.45, 2.75) is 82.5 Å². The van der Waals surface area contributed by atoms with E-state index in [0.717, 1.165) is 38.8 Å². The van der Waals surface area contributed by atoms with Gasteiger partial charge in [-0.15, -0.1) is 0 Å². The van der Waals surface area contributed by atoms with Crippen LogP contribution in [0.1, 0.15) is 64.2 Å². The van der Waals surface area contributed by atoms with E-state index in [9.17, 15) is 4.79 Å². The van der Waals surface area contributed by atoms with Gasteiger partial charge in [0.1, 0.15) is 6.10 Å². The highest BCUT2D eigenvalue weighted by molar-refractivity contribution is 5.74. The van der Waals surface area contributed by atoms with Crippen molar-refractivity contribution in [3.63, 3.8) is 0 Å². The number of esters is 1. The molecular weight excluding hydrogens is 314 g/mol. The number of nitrogens with one attached hydrogen (secondary N) is 1. The van der Waals surface area contributed by atoms with Crippen LogP contribution in [0, 0.1) is 29.6 Å². The van der Waals surface area contributed by atoms with Crippen LogP contribution in [0.5, 0.6) is 0 Å². The summed E-state index contributed by atoms with van der Waals surface area (Å²) >= 11 is 0. The lowest BCUT2D eigenvalue weighted by Crippen LogP contribution is -2.54. The molecule has 2 saturated heterocycles. The zero-order chi connectivity index (χ0) is 16.8. The molecular formula is C21H33NO3. The topological polar surface area (TPSA) is 47.6 Å². The number of carbonyl (C=O) groups is 1. The highest BCUT2D eigenvalue weighted by Gasteiger charge is 2.52. The Labute approximate surface area is 151 Å². The molecule has 5 aliphatic rings. The second kappa shape index (κ2) is 6.84. The van der Waals surface area contributed by atoms with Gasteiger partial charge in [-0.05, 0) is 50.4 Å². The first-order chi connectivity index (χ1) is 12.3. The summed E-state index contributed by atoms with van der Waals surface area (Å²) in [6, 6.07) is 0. The Morgan fingerprint density at radius 1 is 0.800 bits per heavy atom. The Hall–Kier alpha value is -0.610. The van der Waals surface area contributed by atoms with Crippen LogP contribution < -0.4 is 5.32 Å². The van der Waals surface area contributed by atoms with Gasteiger partial charge in [0.05, 0.1) is 18.1 Å². The molecule has 5 rings (SSSR count). The van der Waals surface area contributed by atoms with Gasteiger partial charge in [-0.1, -0.05) is 25.7 Å². The minimum Gasteiger partial charge on any atom is -0.461 e. The molecule has 2 aliphatic heterocycles. The maximum Gasteiger partial charge on any atom is 0.309 e. The van der Waals surface area contributed by atoms with Crippen molar-refractivity contribution in [1.29, 1.82) is 0 Å². The fraction of sp³-hybridized carbons (Fsp3) is 0.952. The number of piperidine rings is 1. The molecule has 0 radical (unpaired) electrons. The Bertz CT molecular complexity index is 471. The van der Waals surface area contributed by atoms with Crippen LogP contribution in [0.25, 0.3) is 0 Å². The summed E-state index contributed by atoms with van der Waals surface area (Å²) in [5.74, 6) is 2.18. The van der Waals surface area contributed by atoms with E-state index in [-0.39, 0.29) is 18.0 Å². The number of hydrogen-bond acceptors (Lipinski definition) is 4. The summed E-state index contributed by atoms with van der Waals surface area (Å²) < 4.78 is 12.8. The molecule has 3 aliphatic carbocycles. The van der Waals surface area contributed by atoms with Gasteiger partial charge in [0.2, 0.25) is 0 Å². The molecule has 0 aromatic carbocycles. The highest BCUT2D eigenvalue weighted by atomic mass is 16.5. The molecule has 0 spiro atoms. The van der Waals surface area contributed by atoms with Gasteiger partial charge in [-0.2, -0.15) is 0 Å². The maximum atomic E-state index is 13.4. The standard InChI is InChI=1S/C21H33NO3/c23-21(25-20-13-9-10-14(20)12-22-11-13)19-15-5-1-3-7-17(15)24-18-8-4-2-6-16(18)19/h13-20,22H,1-12H2. The molecule has 0 aromatic heterocycles. The summed E-state index contributed by atoms with van der Waals surface area (Å²) in [7, 11) is 0. The monoisotopic (exact) mass is 347 g/mol. The number of hydrogen-bond donors (Lipinski definition) is 1. The lowest BCUT2D eigenvalue weighted by molar-refractivity contribution is -0.199. The van der Waals surface area contributed by atoms with E-state index in [2.05, 4.69) is 5.32 Å². The molecule has 6 atom stereocenters. The van der Waals surface area contributed by atoms with Gasteiger partial charge < -0.3 is 14.8 Å². The van der Waals surface area contributed by atoms with Gasteiger partial charge in [0.25, 0.3) is 0 Å². The third kappa shape index (κ3) is 2.93. The van der Waals surface area contributed by atoms with Crippen LogP contribution in [-0.4, -0.2) is 37.4 Å². The van der Waals surface area contributed by atoms with E-state index in [1.165, 1.54) is 38.5 Å². The quantitative estimate of drug-likeness (QED) is 0.779. The Morgan fingerprint density at radius 2 is 1.36 bits per heavy atom. The van der Waals surface area contributed by atoms with E-state index < -0.39 is 0 Å². The summed E-state index contributed by atoms with van der Waals surface area (Å²) in [6.07, 6.45) is 12.9. The zero-order valence-corrected chi connectivity index (χ0v) is 15.3. The first-order valence-electron chi connectivity index (χ1n) is 10.9. The average Bonchev–Trinajstić information content (AvgIpc) is 2.86. The second-order valence-corrected chi connectivity index (χ2v) is 9.29. The maximum absolute atomic E-state index is 13.4. The smallest absolute Gasteiger partial charge is 0.309 e. The highest BCUT2D eigenvalue weighted by Crippen LogP contribution is 2.48. The normalized spacial score (nSPS) is 49.1. The van der Waals surface area contributed by atoms with Gasteiger partial charge in [-0.25, -0.2) is 0 Å². The van der Waals surface area contributed by atoms with Gasteiger partial charge >= 0.3 is 5.97 Å². The molecule has 4 nitrogen and oxygen atoms in total. The molecule has 1 N–H and O–H groups in total. The lowest BCUT2D eigenvalue weighted by atomic mass is 9.65. The Kier molecular flexibility index (Phi) is 4.53. The lowest BCUT2D eigenvalue weighted by Gasteiger charge is -2.50. The number of carbonyl (C=O) groups excluding carboxylic acids is 1. The van der Waals surface area contributed by atoms with Crippen molar-refractivity contribution < 1.29 is 14.3 Å². The predicted octanol–water partition coefficient (Wildman–Crippen LogP) is 3.29. The van der Waals surface area contributed by atoms with Crippen molar-refractivity contribution in [3.8, 4) is 0 Å². The van der Waals surface area contributed by atoms with Crippen molar-refractivity contribution in [2.24, 2.45) is 29.6 Å². The largest absolute Gasteiger partial charge is 0.461 e. The van der Waals surface area contributed by atoms with Crippen LogP contribution in [-0.2, 0) is 14.3 Å². The van der Waals surface area contributed by atoms with Crippen LogP contribution in [0.15, 0.2) is 0 Å². The first kappa shape index (κ1) is 16.6. The molecule has 4 heteroatoms. The van der Waals surface area contributed by atoms with E-state index in [4.69, 9.17) is 9.47 Å². The van der Waals surface area contributed by atoms with Crippen molar-refractivity contribution in [2.75, 3.05) is 13.1 Å². The number of fused-ring (bicyclic) bond motifs is 4. The molecule has 2 heterocycles. The van der Waals surface area contributed by atoms with E-state index >= 15 is 0 Å². The van der Waals surface area contributed by atoms with Crippen molar-refractivity contribution in [1.82, 2.24) is 5.32 Å². The molecule has 6 unspecified atom stereocenters.